The van der Waals surface area contributed by atoms with Gasteiger partial charge in [0.25, 0.3) is 0 Å². The maximum atomic E-state index is 12.3. The van der Waals surface area contributed by atoms with Crippen LogP contribution in [0.25, 0.3) is 0 Å². The lowest BCUT2D eigenvalue weighted by molar-refractivity contribution is 0.361. The Morgan fingerprint density at radius 2 is 2.00 bits per heavy atom. The van der Waals surface area contributed by atoms with Gasteiger partial charge in [0, 0.05) is 12.1 Å². The zero-order valence-corrected chi connectivity index (χ0v) is 12.3. The van der Waals surface area contributed by atoms with E-state index in [0.29, 0.717) is 10.9 Å². The Labute approximate surface area is 115 Å². The molecule has 0 radical (unpaired) electrons. The van der Waals surface area contributed by atoms with Crippen LogP contribution in [0, 0.1) is 0 Å². The van der Waals surface area contributed by atoms with Crippen LogP contribution in [-0.2, 0) is 16.4 Å². The predicted octanol–water partition coefficient (Wildman–Crippen LogP) is 1.67. The number of hydrogen-bond acceptors (Lipinski definition) is 3. The van der Waals surface area contributed by atoms with Crippen molar-refractivity contribution in [1.82, 2.24) is 10.0 Å². The Balaban J connectivity index is 2.08. The van der Waals surface area contributed by atoms with Gasteiger partial charge in [-0.2, -0.15) is 0 Å². The summed E-state index contributed by atoms with van der Waals surface area (Å²) in [6.45, 7) is 5.00. The molecule has 2 atom stereocenters. The zero-order chi connectivity index (χ0) is 13.9. The van der Waals surface area contributed by atoms with Gasteiger partial charge in [0.1, 0.15) is 0 Å². The molecule has 0 aromatic heterocycles. The molecule has 0 saturated carbocycles. The second-order valence-corrected chi connectivity index (χ2v) is 6.91. The number of sulfonamides is 1. The molecule has 1 fully saturated rings. The third-order valence-electron chi connectivity index (χ3n) is 3.59. The summed E-state index contributed by atoms with van der Waals surface area (Å²) in [7, 11) is -3.39. The normalized spacial score (nSPS) is 24.3. The van der Waals surface area contributed by atoms with Crippen LogP contribution in [0.2, 0.25) is 0 Å². The second kappa shape index (κ2) is 6.03. The molecule has 2 unspecified atom stereocenters. The van der Waals surface area contributed by atoms with Crippen LogP contribution in [-0.4, -0.2) is 27.0 Å². The van der Waals surface area contributed by atoms with Crippen LogP contribution >= 0.6 is 0 Å². The lowest BCUT2D eigenvalue weighted by Gasteiger charge is -2.28. The van der Waals surface area contributed by atoms with E-state index < -0.39 is 10.0 Å². The first-order valence-corrected chi connectivity index (χ1v) is 8.34. The van der Waals surface area contributed by atoms with Crippen molar-refractivity contribution in [1.29, 1.82) is 0 Å². The fourth-order valence-electron chi connectivity index (χ4n) is 2.43. The van der Waals surface area contributed by atoms with Crippen molar-refractivity contribution in [2.45, 2.75) is 50.1 Å². The second-order valence-electron chi connectivity index (χ2n) is 5.20. The molecule has 1 aromatic rings. The molecule has 5 heteroatoms. The molecule has 19 heavy (non-hydrogen) atoms. The number of nitrogens with one attached hydrogen (secondary N) is 2. The molecule has 0 amide bonds. The number of piperidine rings is 1. The number of aryl methyl sites for hydroxylation is 1. The average Bonchev–Trinajstić information content (AvgIpc) is 2.38. The van der Waals surface area contributed by atoms with Crippen molar-refractivity contribution < 1.29 is 8.42 Å². The molecule has 1 heterocycles. The summed E-state index contributed by atoms with van der Waals surface area (Å²) < 4.78 is 27.4. The molecule has 0 spiro atoms. The molecular formula is C14H22N2O2S. The molecule has 4 nitrogen and oxygen atoms in total. The predicted molar refractivity (Wildman–Crippen MR) is 76.6 cm³/mol. The van der Waals surface area contributed by atoms with Gasteiger partial charge in [0.2, 0.25) is 10.0 Å². The highest BCUT2D eigenvalue weighted by Gasteiger charge is 2.24. The van der Waals surface area contributed by atoms with Gasteiger partial charge in [-0.3, -0.25) is 0 Å². The quantitative estimate of drug-likeness (QED) is 0.883. The highest BCUT2D eigenvalue weighted by atomic mass is 32.2. The summed E-state index contributed by atoms with van der Waals surface area (Å²) in [6.07, 6.45) is 2.60. The Morgan fingerprint density at radius 1 is 1.32 bits per heavy atom. The summed E-state index contributed by atoms with van der Waals surface area (Å²) in [6, 6.07) is 7.52. The van der Waals surface area contributed by atoms with Gasteiger partial charge >= 0.3 is 0 Å². The molecule has 2 N–H and O–H groups in total. The smallest absolute Gasteiger partial charge is 0.240 e. The minimum absolute atomic E-state index is 0.0344. The van der Waals surface area contributed by atoms with Gasteiger partial charge in [-0.25, -0.2) is 13.1 Å². The van der Waals surface area contributed by atoms with E-state index in [1.807, 2.05) is 12.1 Å². The minimum atomic E-state index is -3.39. The molecule has 1 saturated heterocycles. The van der Waals surface area contributed by atoms with Crippen molar-refractivity contribution in [3.63, 3.8) is 0 Å². The lowest BCUT2D eigenvalue weighted by Crippen LogP contribution is -2.46. The van der Waals surface area contributed by atoms with Crippen LogP contribution in [0.5, 0.6) is 0 Å². The molecule has 1 aromatic carbocycles. The maximum absolute atomic E-state index is 12.3. The van der Waals surface area contributed by atoms with Crippen LogP contribution in [0.15, 0.2) is 29.2 Å². The maximum Gasteiger partial charge on any atom is 0.240 e. The highest BCUT2D eigenvalue weighted by molar-refractivity contribution is 7.89. The van der Waals surface area contributed by atoms with Crippen LogP contribution in [0.3, 0.4) is 0 Å². The zero-order valence-electron chi connectivity index (χ0n) is 11.5. The van der Waals surface area contributed by atoms with Crippen molar-refractivity contribution in [3.8, 4) is 0 Å². The fraction of sp³-hybridized carbons (Fsp3) is 0.571. The standard InChI is InChI=1S/C14H22N2O2S/c1-3-12-4-6-14(7-5-12)19(17,18)16-13-8-9-15-11(2)10-13/h4-7,11,13,15-16H,3,8-10H2,1-2H3. The van der Waals surface area contributed by atoms with Crippen molar-refractivity contribution in [3.05, 3.63) is 29.8 Å². The Bertz CT molecular complexity index is 511. The van der Waals surface area contributed by atoms with Gasteiger partial charge in [-0.1, -0.05) is 19.1 Å². The van der Waals surface area contributed by atoms with Gasteiger partial charge in [-0.05, 0) is 50.4 Å². The Hall–Kier alpha value is -0.910. The van der Waals surface area contributed by atoms with E-state index in [1.165, 1.54) is 0 Å². The third kappa shape index (κ3) is 3.78. The fourth-order valence-corrected chi connectivity index (χ4v) is 3.71. The van der Waals surface area contributed by atoms with Gasteiger partial charge < -0.3 is 5.32 Å². The SMILES string of the molecule is CCc1ccc(S(=O)(=O)NC2CCNC(C)C2)cc1. The summed E-state index contributed by atoms with van der Waals surface area (Å²) in [5.74, 6) is 0. The Kier molecular flexibility index (Phi) is 4.60. The summed E-state index contributed by atoms with van der Waals surface area (Å²) >= 11 is 0. The molecule has 106 valence electrons. The van der Waals surface area contributed by atoms with E-state index in [2.05, 4.69) is 23.9 Å². The summed E-state index contributed by atoms with van der Waals surface area (Å²) in [5.41, 5.74) is 1.15. The van der Waals surface area contributed by atoms with Gasteiger partial charge in [0.05, 0.1) is 4.90 Å². The highest BCUT2D eigenvalue weighted by Crippen LogP contribution is 2.15. The first-order valence-electron chi connectivity index (χ1n) is 6.86. The van der Waals surface area contributed by atoms with E-state index >= 15 is 0 Å². The summed E-state index contributed by atoms with van der Waals surface area (Å²) in [4.78, 5) is 0.357. The van der Waals surface area contributed by atoms with E-state index in [1.54, 1.807) is 12.1 Å². The molecule has 1 aliphatic rings. The first-order chi connectivity index (χ1) is 9.01. The molecule has 2 rings (SSSR count). The number of benzene rings is 1. The monoisotopic (exact) mass is 282 g/mol. The number of hydrogen-bond donors (Lipinski definition) is 2. The molecule has 0 aliphatic carbocycles. The molecular weight excluding hydrogens is 260 g/mol. The molecule has 1 aliphatic heterocycles. The van der Waals surface area contributed by atoms with Crippen molar-refractivity contribution in [2.75, 3.05) is 6.54 Å². The topological polar surface area (TPSA) is 58.2 Å². The van der Waals surface area contributed by atoms with E-state index in [-0.39, 0.29) is 6.04 Å². The van der Waals surface area contributed by atoms with E-state index in [9.17, 15) is 8.42 Å². The molecule has 0 bridgehead atoms. The minimum Gasteiger partial charge on any atom is -0.314 e. The average molecular weight is 282 g/mol. The van der Waals surface area contributed by atoms with Gasteiger partial charge in [0.15, 0.2) is 0 Å². The lowest BCUT2D eigenvalue weighted by atomic mass is 10.0. The largest absolute Gasteiger partial charge is 0.314 e. The first kappa shape index (κ1) is 14.5. The number of rotatable bonds is 4. The Morgan fingerprint density at radius 3 is 2.58 bits per heavy atom. The van der Waals surface area contributed by atoms with Crippen molar-refractivity contribution >= 4 is 10.0 Å². The van der Waals surface area contributed by atoms with Crippen LogP contribution < -0.4 is 10.0 Å². The van der Waals surface area contributed by atoms with E-state index in [0.717, 1.165) is 31.4 Å². The van der Waals surface area contributed by atoms with Crippen LogP contribution in [0.4, 0.5) is 0 Å². The third-order valence-corrected chi connectivity index (χ3v) is 5.12. The van der Waals surface area contributed by atoms with Crippen molar-refractivity contribution in [2.24, 2.45) is 0 Å². The summed E-state index contributed by atoms with van der Waals surface area (Å²) in [5, 5.41) is 3.32. The van der Waals surface area contributed by atoms with Gasteiger partial charge in [-0.15, -0.1) is 0 Å². The van der Waals surface area contributed by atoms with Crippen LogP contribution in [0.1, 0.15) is 32.3 Å². The van der Waals surface area contributed by atoms with E-state index in [4.69, 9.17) is 0 Å².